The summed E-state index contributed by atoms with van der Waals surface area (Å²) in [6.07, 6.45) is 2.97. The predicted octanol–water partition coefficient (Wildman–Crippen LogP) is 1.72. The van der Waals surface area contributed by atoms with E-state index in [4.69, 9.17) is 28.9 Å². The number of hydrogen-bond donors (Lipinski definition) is 2. The molecule has 4 aromatic rings. The second kappa shape index (κ2) is 9.33. The van der Waals surface area contributed by atoms with Gasteiger partial charge in [-0.1, -0.05) is 46.2 Å². The van der Waals surface area contributed by atoms with Gasteiger partial charge in [-0.3, -0.25) is 4.79 Å². The molecule has 164 valence electrons. The number of thioether (sulfide) groups is 1. The number of anilines is 1. The lowest BCUT2D eigenvalue weighted by molar-refractivity contribution is 0.0949. The lowest BCUT2D eigenvalue weighted by atomic mass is 10.2. The van der Waals surface area contributed by atoms with E-state index in [1.165, 1.54) is 22.7 Å². The number of halogens is 2. The van der Waals surface area contributed by atoms with Crippen LogP contribution in [0.4, 0.5) is 5.82 Å². The highest BCUT2D eigenvalue weighted by molar-refractivity contribution is 7.98. The Morgan fingerprint density at radius 1 is 1.31 bits per heavy atom. The van der Waals surface area contributed by atoms with Crippen LogP contribution in [0.1, 0.15) is 21.7 Å². The topological polar surface area (TPSA) is 168 Å². The van der Waals surface area contributed by atoms with Crippen molar-refractivity contribution in [3.63, 3.8) is 0 Å². The molecule has 0 bridgehead atoms. The highest BCUT2D eigenvalue weighted by atomic mass is 35.5. The summed E-state index contributed by atoms with van der Waals surface area (Å²) in [7, 11) is 1.79. The number of benzene rings is 1. The fourth-order valence-electron chi connectivity index (χ4n) is 2.46. The number of hydrogen-bond acceptors (Lipinski definition) is 11. The first-order valence-electron chi connectivity index (χ1n) is 8.72. The van der Waals surface area contributed by atoms with Crippen LogP contribution in [0, 0.1) is 0 Å². The minimum absolute atomic E-state index is 0.00774. The van der Waals surface area contributed by atoms with Gasteiger partial charge in [0.2, 0.25) is 11.6 Å². The first kappa shape index (κ1) is 21.7. The van der Waals surface area contributed by atoms with Crippen molar-refractivity contribution in [2.75, 3.05) is 5.73 Å². The minimum Gasteiger partial charge on any atom is -0.378 e. The van der Waals surface area contributed by atoms with Crippen molar-refractivity contribution >= 4 is 52.9 Å². The fraction of sp³-hybridized carbons (Fsp3) is 0.125. The van der Waals surface area contributed by atoms with E-state index in [0.717, 1.165) is 0 Å². The van der Waals surface area contributed by atoms with Crippen molar-refractivity contribution < 1.29 is 9.42 Å². The Labute approximate surface area is 193 Å². The standard InChI is InChI=1S/C16H13Cl2N11O2S/c1-28-7-21-24-16(28)32-6-11-12(22-27-29(11)14-13(19)25-31-26-14)15(30)23-20-5-8-2-3-9(17)10(18)4-8/h2-5,7H,6H2,1H3,(H2,19,25)(H,23,30)/b20-5-. The lowest BCUT2D eigenvalue weighted by Gasteiger charge is -2.05. The Bertz CT molecular complexity index is 1300. The Balaban J connectivity index is 1.57. The molecule has 0 atom stereocenters. The van der Waals surface area contributed by atoms with Gasteiger partial charge in [-0.2, -0.15) is 9.78 Å². The van der Waals surface area contributed by atoms with E-state index >= 15 is 0 Å². The molecule has 4 rings (SSSR count). The highest BCUT2D eigenvalue weighted by Crippen LogP contribution is 2.24. The quantitative estimate of drug-likeness (QED) is 0.219. The summed E-state index contributed by atoms with van der Waals surface area (Å²) in [4.78, 5) is 12.8. The zero-order valence-corrected chi connectivity index (χ0v) is 18.5. The number of carbonyl (C=O) groups is 1. The molecule has 0 saturated heterocycles. The number of nitrogen functional groups attached to an aromatic ring is 1. The molecule has 0 radical (unpaired) electrons. The molecule has 0 aliphatic heterocycles. The van der Waals surface area contributed by atoms with Gasteiger partial charge in [0.25, 0.3) is 5.91 Å². The number of nitrogens with zero attached hydrogens (tertiary/aromatic N) is 9. The molecule has 3 aromatic heterocycles. The Morgan fingerprint density at radius 3 is 2.84 bits per heavy atom. The maximum Gasteiger partial charge on any atom is 0.293 e. The zero-order valence-electron chi connectivity index (χ0n) is 16.2. The van der Waals surface area contributed by atoms with Crippen LogP contribution in [-0.4, -0.2) is 52.2 Å². The lowest BCUT2D eigenvalue weighted by Crippen LogP contribution is -2.20. The van der Waals surface area contributed by atoms with Gasteiger partial charge in [0.1, 0.15) is 6.33 Å². The van der Waals surface area contributed by atoms with Crippen molar-refractivity contribution in [3.8, 4) is 5.82 Å². The average molecular weight is 494 g/mol. The monoisotopic (exact) mass is 493 g/mol. The van der Waals surface area contributed by atoms with Crippen molar-refractivity contribution in [2.45, 2.75) is 10.9 Å². The van der Waals surface area contributed by atoms with Crippen molar-refractivity contribution in [2.24, 2.45) is 12.1 Å². The van der Waals surface area contributed by atoms with Gasteiger partial charge in [0, 0.05) is 12.8 Å². The molecule has 1 aromatic carbocycles. The van der Waals surface area contributed by atoms with E-state index in [9.17, 15) is 4.79 Å². The first-order chi connectivity index (χ1) is 15.4. The van der Waals surface area contributed by atoms with E-state index in [-0.39, 0.29) is 23.1 Å². The molecule has 0 saturated carbocycles. The summed E-state index contributed by atoms with van der Waals surface area (Å²) >= 11 is 13.2. The third-order valence-electron chi connectivity index (χ3n) is 4.01. The van der Waals surface area contributed by atoms with Gasteiger partial charge in [-0.15, -0.1) is 15.3 Å². The second-order valence-corrected chi connectivity index (χ2v) is 7.91. The van der Waals surface area contributed by atoms with Crippen LogP contribution in [-0.2, 0) is 12.8 Å². The molecular formula is C16H13Cl2N11O2S. The molecule has 0 aliphatic rings. The van der Waals surface area contributed by atoms with Crippen molar-refractivity contribution in [1.82, 2.24) is 45.5 Å². The number of amides is 1. The number of nitrogens with two attached hydrogens (primary N) is 1. The normalized spacial score (nSPS) is 11.3. The molecule has 0 unspecified atom stereocenters. The smallest absolute Gasteiger partial charge is 0.293 e. The van der Waals surface area contributed by atoms with Gasteiger partial charge in [-0.25, -0.2) is 10.1 Å². The highest BCUT2D eigenvalue weighted by Gasteiger charge is 2.24. The van der Waals surface area contributed by atoms with E-state index < -0.39 is 5.91 Å². The summed E-state index contributed by atoms with van der Waals surface area (Å²) in [6.45, 7) is 0. The Kier molecular flexibility index (Phi) is 6.34. The van der Waals surface area contributed by atoms with Crippen molar-refractivity contribution in [1.29, 1.82) is 0 Å². The molecule has 16 heteroatoms. The summed E-state index contributed by atoms with van der Waals surface area (Å²) in [5.74, 6) is -0.268. The van der Waals surface area contributed by atoms with Crippen LogP contribution in [0.5, 0.6) is 0 Å². The molecule has 3 N–H and O–H groups in total. The molecule has 1 amide bonds. The predicted molar refractivity (Wildman–Crippen MR) is 116 cm³/mol. The van der Waals surface area contributed by atoms with Gasteiger partial charge in [-0.05, 0) is 28.0 Å². The average Bonchev–Trinajstić information content (AvgIpc) is 3.48. The summed E-state index contributed by atoms with van der Waals surface area (Å²) in [5, 5.41) is 28.4. The van der Waals surface area contributed by atoms with Crippen LogP contribution in [0.2, 0.25) is 10.0 Å². The fourth-order valence-corrected chi connectivity index (χ4v) is 3.65. The summed E-state index contributed by atoms with van der Waals surface area (Å²) < 4.78 is 7.63. The Morgan fingerprint density at radius 2 is 2.16 bits per heavy atom. The van der Waals surface area contributed by atoms with Gasteiger partial charge in [0.05, 0.1) is 22.0 Å². The van der Waals surface area contributed by atoms with Gasteiger partial charge < -0.3 is 10.3 Å². The number of carbonyl (C=O) groups excluding carboxylic acids is 1. The van der Waals surface area contributed by atoms with Crippen LogP contribution in [0.15, 0.2) is 39.4 Å². The summed E-state index contributed by atoms with van der Waals surface area (Å²) in [5.41, 5.74) is 9.21. The number of hydrazone groups is 1. The summed E-state index contributed by atoms with van der Waals surface area (Å²) in [6, 6.07) is 4.93. The number of nitrogens with one attached hydrogen (secondary N) is 1. The van der Waals surface area contributed by atoms with E-state index in [0.29, 0.717) is 26.5 Å². The molecule has 0 aliphatic carbocycles. The molecule has 13 nitrogen and oxygen atoms in total. The first-order valence-corrected chi connectivity index (χ1v) is 10.5. The number of aryl methyl sites for hydroxylation is 1. The maximum atomic E-state index is 12.8. The van der Waals surface area contributed by atoms with E-state index in [1.807, 2.05) is 0 Å². The minimum atomic E-state index is -0.601. The SMILES string of the molecule is Cn1cnnc1SCc1c(C(=O)N/N=C\c2ccc(Cl)c(Cl)c2)nnn1-c1nonc1N. The van der Waals surface area contributed by atoms with E-state index in [2.05, 4.69) is 46.0 Å². The Hall–Kier alpha value is -3.49. The molecule has 0 spiro atoms. The molecule has 0 fully saturated rings. The van der Waals surface area contributed by atoms with Crippen LogP contribution < -0.4 is 11.2 Å². The van der Waals surface area contributed by atoms with E-state index in [1.54, 1.807) is 36.1 Å². The zero-order chi connectivity index (χ0) is 22.7. The molecular weight excluding hydrogens is 481 g/mol. The van der Waals surface area contributed by atoms with Crippen LogP contribution in [0.25, 0.3) is 5.82 Å². The number of rotatable bonds is 7. The largest absolute Gasteiger partial charge is 0.378 e. The third kappa shape index (κ3) is 4.56. The maximum absolute atomic E-state index is 12.8. The van der Waals surface area contributed by atoms with Crippen LogP contribution >= 0.6 is 35.0 Å². The third-order valence-corrected chi connectivity index (χ3v) is 5.79. The van der Waals surface area contributed by atoms with Crippen LogP contribution in [0.3, 0.4) is 0 Å². The molecule has 32 heavy (non-hydrogen) atoms. The van der Waals surface area contributed by atoms with Gasteiger partial charge in [0.15, 0.2) is 10.9 Å². The number of aromatic nitrogens is 8. The van der Waals surface area contributed by atoms with Crippen molar-refractivity contribution in [3.05, 3.63) is 51.5 Å². The van der Waals surface area contributed by atoms with Gasteiger partial charge >= 0.3 is 0 Å². The molecule has 3 heterocycles. The second-order valence-electron chi connectivity index (χ2n) is 6.16.